The molecule has 0 unspecified atom stereocenters. The van der Waals surface area contributed by atoms with E-state index in [1.165, 1.54) is 6.92 Å². The number of Topliss-reactive ketones (excluding diaryl/α,β-unsaturated/α-hetero) is 1. The van der Waals surface area contributed by atoms with Gasteiger partial charge in [-0.3, -0.25) is 14.6 Å². The van der Waals surface area contributed by atoms with Crippen molar-refractivity contribution in [3.8, 4) is 11.3 Å². The van der Waals surface area contributed by atoms with Crippen LogP contribution in [0.15, 0.2) is 42.6 Å². The van der Waals surface area contributed by atoms with Crippen molar-refractivity contribution in [1.29, 1.82) is 0 Å². The van der Waals surface area contributed by atoms with Gasteiger partial charge in [0, 0.05) is 29.9 Å². The van der Waals surface area contributed by atoms with E-state index in [-0.39, 0.29) is 11.7 Å². The third-order valence-corrected chi connectivity index (χ3v) is 2.84. The van der Waals surface area contributed by atoms with E-state index in [1.54, 1.807) is 37.5 Å². The van der Waals surface area contributed by atoms with Crippen LogP contribution in [-0.2, 0) is 0 Å². The summed E-state index contributed by atoms with van der Waals surface area (Å²) in [5.41, 5.74) is 2.79. The number of pyridine rings is 1. The third-order valence-electron chi connectivity index (χ3n) is 2.84. The first kappa shape index (κ1) is 13.0. The highest BCUT2D eigenvalue weighted by Gasteiger charge is 2.06. The first-order valence-corrected chi connectivity index (χ1v) is 5.91. The Kier molecular flexibility index (Phi) is 3.71. The van der Waals surface area contributed by atoms with Crippen molar-refractivity contribution < 1.29 is 9.59 Å². The Morgan fingerprint density at radius 1 is 1.05 bits per heavy atom. The highest BCUT2D eigenvalue weighted by Crippen LogP contribution is 2.18. The SMILES string of the molecule is CNC(=O)c1ccnc(-c2ccc(C(C)=O)cc2)c1. The number of benzene rings is 1. The maximum atomic E-state index is 11.6. The lowest BCUT2D eigenvalue weighted by Gasteiger charge is -2.04. The number of nitrogens with zero attached hydrogens (tertiary/aromatic N) is 1. The van der Waals surface area contributed by atoms with E-state index >= 15 is 0 Å². The van der Waals surface area contributed by atoms with Gasteiger partial charge in [-0.2, -0.15) is 0 Å². The summed E-state index contributed by atoms with van der Waals surface area (Å²) in [7, 11) is 1.59. The van der Waals surface area contributed by atoms with Gasteiger partial charge in [0.05, 0.1) is 5.69 Å². The van der Waals surface area contributed by atoms with Crippen LogP contribution in [0.25, 0.3) is 11.3 Å². The summed E-state index contributed by atoms with van der Waals surface area (Å²) >= 11 is 0. The fraction of sp³-hybridized carbons (Fsp3) is 0.133. The maximum absolute atomic E-state index is 11.6. The van der Waals surface area contributed by atoms with E-state index in [2.05, 4.69) is 10.3 Å². The lowest BCUT2D eigenvalue weighted by molar-refractivity contribution is 0.0961. The van der Waals surface area contributed by atoms with Crippen LogP contribution in [0.1, 0.15) is 27.6 Å². The quantitative estimate of drug-likeness (QED) is 0.855. The van der Waals surface area contributed by atoms with Gasteiger partial charge in [-0.05, 0) is 19.1 Å². The monoisotopic (exact) mass is 254 g/mol. The summed E-state index contributed by atoms with van der Waals surface area (Å²) < 4.78 is 0. The molecule has 96 valence electrons. The summed E-state index contributed by atoms with van der Waals surface area (Å²) in [5, 5.41) is 2.57. The molecule has 1 aromatic heterocycles. The van der Waals surface area contributed by atoms with Crippen LogP contribution < -0.4 is 5.32 Å². The first-order valence-electron chi connectivity index (χ1n) is 5.91. The minimum atomic E-state index is -0.149. The second kappa shape index (κ2) is 5.44. The average Bonchev–Trinajstić information content (AvgIpc) is 2.46. The molecule has 0 fully saturated rings. The second-order valence-electron chi connectivity index (χ2n) is 4.14. The number of hydrogen-bond donors (Lipinski definition) is 1. The normalized spacial score (nSPS) is 10.0. The molecule has 0 saturated heterocycles. The molecule has 4 nitrogen and oxygen atoms in total. The predicted octanol–water partition coefficient (Wildman–Crippen LogP) is 2.31. The molecule has 1 heterocycles. The molecule has 1 aromatic carbocycles. The molecule has 2 rings (SSSR count). The lowest BCUT2D eigenvalue weighted by atomic mass is 10.1. The Morgan fingerprint density at radius 2 is 1.74 bits per heavy atom. The average molecular weight is 254 g/mol. The Labute approximate surface area is 111 Å². The number of rotatable bonds is 3. The number of hydrogen-bond acceptors (Lipinski definition) is 3. The van der Waals surface area contributed by atoms with Crippen molar-refractivity contribution in [2.75, 3.05) is 7.05 Å². The van der Waals surface area contributed by atoms with E-state index in [0.29, 0.717) is 16.8 Å². The standard InChI is InChI=1S/C15H14N2O2/c1-10(18)11-3-5-12(6-4-11)14-9-13(7-8-17-14)15(19)16-2/h3-9H,1-2H3,(H,16,19). The molecule has 0 saturated carbocycles. The second-order valence-corrected chi connectivity index (χ2v) is 4.14. The number of amides is 1. The summed E-state index contributed by atoms with van der Waals surface area (Å²) in [4.78, 5) is 27.0. The Hall–Kier alpha value is -2.49. The van der Waals surface area contributed by atoms with Crippen LogP contribution in [0.3, 0.4) is 0 Å². The molecular weight excluding hydrogens is 240 g/mol. The van der Waals surface area contributed by atoms with Crippen molar-refractivity contribution in [2.24, 2.45) is 0 Å². The van der Waals surface area contributed by atoms with Crippen molar-refractivity contribution in [1.82, 2.24) is 10.3 Å². The molecule has 0 bridgehead atoms. The molecule has 0 spiro atoms. The molecule has 0 aliphatic heterocycles. The third kappa shape index (κ3) is 2.85. The summed E-state index contributed by atoms with van der Waals surface area (Å²) in [6.07, 6.45) is 1.60. The van der Waals surface area contributed by atoms with Gasteiger partial charge in [-0.1, -0.05) is 24.3 Å². The summed E-state index contributed by atoms with van der Waals surface area (Å²) in [5.74, 6) is -0.123. The molecule has 4 heteroatoms. The molecular formula is C15H14N2O2. The van der Waals surface area contributed by atoms with Gasteiger partial charge in [-0.25, -0.2) is 0 Å². The van der Waals surface area contributed by atoms with Crippen molar-refractivity contribution in [3.63, 3.8) is 0 Å². The zero-order valence-corrected chi connectivity index (χ0v) is 10.8. The lowest BCUT2D eigenvalue weighted by Crippen LogP contribution is -2.17. The molecule has 1 amide bonds. The van der Waals surface area contributed by atoms with Gasteiger partial charge < -0.3 is 5.32 Å². The maximum Gasteiger partial charge on any atom is 0.251 e. The number of carbonyl (C=O) groups is 2. The number of ketones is 1. The van der Waals surface area contributed by atoms with E-state index in [9.17, 15) is 9.59 Å². The topological polar surface area (TPSA) is 59.1 Å². The van der Waals surface area contributed by atoms with Crippen LogP contribution in [0.2, 0.25) is 0 Å². The van der Waals surface area contributed by atoms with Crippen molar-refractivity contribution in [2.45, 2.75) is 6.92 Å². The van der Waals surface area contributed by atoms with Gasteiger partial charge in [0.1, 0.15) is 0 Å². The van der Waals surface area contributed by atoms with Gasteiger partial charge in [-0.15, -0.1) is 0 Å². The first-order chi connectivity index (χ1) is 9.11. The van der Waals surface area contributed by atoms with Gasteiger partial charge in [0.2, 0.25) is 0 Å². The van der Waals surface area contributed by atoms with Crippen LogP contribution in [0.5, 0.6) is 0 Å². The van der Waals surface area contributed by atoms with E-state index in [1.807, 2.05) is 12.1 Å². The van der Waals surface area contributed by atoms with Gasteiger partial charge in [0.15, 0.2) is 5.78 Å². The van der Waals surface area contributed by atoms with Gasteiger partial charge in [0.25, 0.3) is 5.91 Å². The molecule has 0 aliphatic carbocycles. The summed E-state index contributed by atoms with van der Waals surface area (Å²) in [6, 6.07) is 10.5. The van der Waals surface area contributed by atoms with Crippen LogP contribution in [0, 0.1) is 0 Å². The van der Waals surface area contributed by atoms with Crippen LogP contribution in [0.4, 0.5) is 0 Å². The zero-order valence-electron chi connectivity index (χ0n) is 10.8. The molecule has 0 radical (unpaired) electrons. The van der Waals surface area contributed by atoms with Crippen molar-refractivity contribution >= 4 is 11.7 Å². The van der Waals surface area contributed by atoms with E-state index < -0.39 is 0 Å². The zero-order chi connectivity index (χ0) is 13.8. The minimum absolute atomic E-state index is 0.0265. The Balaban J connectivity index is 2.36. The molecule has 19 heavy (non-hydrogen) atoms. The number of aromatic nitrogens is 1. The molecule has 1 N–H and O–H groups in total. The number of carbonyl (C=O) groups excluding carboxylic acids is 2. The summed E-state index contributed by atoms with van der Waals surface area (Å²) in [6.45, 7) is 1.53. The van der Waals surface area contributed by atoms with E-state index in [0.717, 1.165) is 5.56 Å². The molecule has 2 aromatic rings. The highest BCUT2D eigenvalue weighted by molar-refractivity contribution is 5.95. The number of nitrogens with one attached hydrogen (secondary N) is 1. The fourth-order valence-corrected chi connectivity index (χ4v) is 1.75. The predicted molar refractivity (Wildman–Crippen MR) is 73.1 cm³/mol. The van der Waals surface area contributed by atoms with Crippen molar-refractivity contribution in [3.05, 3.63) is 53.7 Å². The van der Waals surface area contributed by atoms with E-state index in [4.69, 9.17) is 0 Å². The molecule has 0 aliphatic rings. The minimum Gasteiger partial charge on any atom is -0.355 e. The highest BCUT2D eigenvalue weighted by atomic mass is 16.1. The molecule has 0 atom stereocenters. The van der Waals surface area contributed by atoms with Crippen LogP contribution in [-0.4, -0.2) is 23.7 Å². The Bertz CT molecular complexity index is 618. The smallest absolute Gasteiger partial charge is 0.251 e. The largest absolute Gasteiger partial charge is 0.355 e. The Morgan fingerprint density at radius 3 is 2.32 bits per heavy atom. The van der Waals surface area contributed by atoms with Gasteiger partial charge >= 0.3 is 0 Å². The fourth-order valence-electron chi connectivity index (χ4n) is 1.75. The van der Waals surface area contributed by atoms with Crippen LogP contribution >= 0.6 is 0 Å².